The molecule has 4 rings (SSSR count). The van der Waals surface area contributed by atoms with Crippen LogP contribution in [0, 0.1) is 12.3 Å². The van der Waals surface area contributed by atoms with E-state index in [0.29, 0.717) is 6.04 Å². The summed E-state index contributed by atoms with van der Waals surface area (Å²) in [5.74, 6) is 2.61. The highest BCUT2D eigenvalue weighted by atomic mass is 16.1. The molecule has 2 aromatic carbocycles. The normalized spacial score (nSPS) is 15.2. The molecule has 4 nitrogen and oxygen atoms in total. The summed E-state index contributed by atoms with van der Waals surface area (Å²) < 4.78 is 1.75. The second-order valence-corrected chi connectivity index (χ2v) is 7.80. The first kappa shape index (κ1) is 20.2. The molecule has 4 heteroatoms. The van der Waals surface area contributed by atoms with E-state index in [1.807, 2.05) is 36.4 Å². The van der Waals surface area contributed by atoms with Crippen LogP contribution in [0.1, 0.15) is 23.2 Å². The van der Waals surface area contributed by atoms with E-state index in [1.54, 1.807) is 4.57 Å². The minimum Gasteiger partial charge on any atom is -0.310 e. The monoisotopic (exact) mass is 397 g/mol. The highest BCUT2D eigenvalue weighted by Gasteiger charge is 2.18. The predicted molar refractivity (Wildman–Crippen MR) is 123 cm³/mol. The number of piperidine rings is 1. The number of likely N-dealkylation sites (tertiary alicyclic amines) is 1. The number of carbonyl (C=O) groups excluding carboxylic acids is 1. The zero-order valence-electron chi connectivity index (χ0n) is 17.2. The first-order chi connectivity index (χ1) is 14.7. The van der Waals surface area contributed by atoms with E-state index in [2.05, 4.69) is 40.9 Å². The van der Waals surface area contributed by atoms with Gasteiger partial charge in [-0.3, -0.25) is 14.3 Å². The molecule has 0 amide bonds. The average Bonchev–Trinajstić information content (AvgIpc) is 3.18. The van der Waals surface area contributed by atoms with E-state index in [1.165, 1.54) is 11.6 Å². The molecule has 1 aliphatic heterocycles. The van der Waals surface area contributed by atoms with Crippen LogP contribution in [-0.2, 0) is 6.54 Å². The maximum absolute atomic E-state index is 12.6. The van der Waals surface area contributed by atoms with E-state index in [9.17, 15) is 4.79 Å². The van der Waals surface area contributed by atoms with Crippen molar-refractivity contribution in [3.05, 3.63) is 72.8 Å². The van der Waals surface area contributed by atoms with Gasteiger partial charge in [-0.15, -0.1) is 6.42 Å². The highest BCUT2D eigenvalue weighted by Crippen LogP contribution is 2.29. The Morgan fingerprint density at radius 3 is 2.63 bits per heavy atom. The minimum absolute atomic E-state index is 0.117. The zero-order valence-corrected chi connectivity index (χ0v) is 17.2. The van der Waals surface area contributed by atoms with Gasteiger partial charge in [-0.25, -0.2) is 0 Å². The van der Waals surface area contributed by atoms with Gasteiger partial charge in [-0.2, -0.15) is 0 Å². The lowest BCUT2D eigenvalue weighted by Gasteiger charge is -2.31. The number of carbonyl (C=O) groups is 1. The number of terminal acetylenes is 1. The van der Waals surface area contributed by atoms with E-state index in [0.717, 1.165) is 61.2 Å². The van der Waals surface area contributed by atoms with Crippen molar-refractivity contribution in [1.29, 1.82) is 0 Å². The summed E-state index contributed by atoms with van der Waals surface area (Å²) in [5.41, 5.74) is 4.03. The number of allylic oxidation sites excluding steroid dienone is 1. The molecule has 1 aromatic heterocycles. The molecule has 2 heterocycles. The summed E-state index contributed by atoms with van der Waals surface area (Å²) >= 11 is 0. The van der Waals surface area contributed by atoms with Gasteiger partial charge < -0.3 is 5.32 Å². The number of fused-ring (bicyclic) bond motifs is 1. The third-order valence-corrected chi connectivity index (χ3v) is 5.83. The molecule has 1 fully saturated rings. The summed E-state index contributed by atoms with van der Waals surface area (Å²) in [7, 11) is 0. The highest BCUT2D eigenvalue weighted by molar-refractivity contribution is 6.02. The fourth-order valence-corrected chi connectivity index (χ4v) is 4.21. The molecule has 0 aliphatic carbocycles. The van der Waals surface area contributed by atoms with Crippen LogP contribution in [0.25, 0.3) is 22.2 Å². The Labute approximate surface area is 178 Å². The second kappa shape index (κ2) is 9.13. The lowest BCUT2D eigenvalue weighted by atomic mass is 10.0. The fourth-order valence-electron chi connectivity index (χ4n) is 4.21. The Morgan fingerprint density at radius 2 is 1.93 bits per heavy atom. The number of rotatable bonds is 6. The first-order valence-corrected chi connectivity index (χ1v) is 10.5. The fraction of sp³-hybridized carbons (Fsp3) is 0.269. The van der Waals surface area contributed by atoms with Gasteiger partial charge in [0.15, 0.2) is 0 Å². The number of nitrogens with one attached hydrogen (secondary N) is 1. The SMILES string of the molecule is C#CCN1CCC(NCc2ccc3c(c2)cc(-c2ccccc2)n3C(=O)C=C)CC1. The van der Waals surface area contributed by atoms with E-state index in [-0.39, 0.29) is 5.91 Å². The smallest absolute Gasteiger partial charge is 0.254 e. The lowest BCUT2D eigenvalue weighted by Crippen LogP contribution is -2.42. The molecule has 1 aliphatic rings. The van der Waals surface area contributed by atoms with Crippen LogP contribution in [0.3, 0.4) is 0 Å². The van der Waals surface area contributed by atoms with E-state index in [4.69, 9.17) is 6.42 Å². The summed E-state index contributed by atoms with van der Waals surface area (Å²) in [5, 5.41) is 4.75. The van der Waals surface area contributed by atoms with E-state index >= 15 is 0 Å². The van der Waals surface area contributed by atoms with Crippen molar-refractivity contribution in [2.75, 3.05) is 19.6 Å². The maximum Gasteiger partial charge on any atom is 0.254 e. The van der Waals surface area contributed by atoms with Crippen molar-refractivity contribution in [1.82, 2.24) is 14.8 Å². The molecule has 1 saturated heterocycles. The molecule has 3 aromatic rings. The van der Waals surface area contributed by atoms with E-state index < -0.39 is 0 Å². The van der Waals surface area contributed by atoms with Gasteiger partial charge in [0.1, 0.15) is 0 Å². The van der Waals surface area contributed by atoms with Crippen molar-refractivity contribution < 1.29 is 4.79 Å². The molecular formula is C26H27N3O. The van der Waals surface area contributed by atoms with Gasteiger partial charge in [0, 0.05) is 31.1 Å². The average molecular weight is 398 g/mol. The molecule has 0 radical (unpaired) electrons. The van der Waals surface area contributed by atoms with Gasteiger partial charge in [-0.05, 0) is 48.2 Å². The molecule has 0 saturated carbocycles. The Hall–Kier alpha value is -3.13. The van der Waals surface area contributed by atoms with Crippen molar-refractivity contribution in [3.63, 3.8) is 0 Å². The number of aromatic nitrogens is 1. The van der Waals surface area contributed by atoms with Crippen LogP contribution in [0.2, 0.25) is 0 Å². The molecule has 0 atom stereocenters. The van der Waals surface area contributed by atoms with Crippen LogP contribution in [0.5, 0.6) is 0 Å². The summed E-state index contributed by atoms with van der Waals surface area (Å²) in [6.07, 6.45) is 9.02. The molecule has 0 bridgehead atoms. The van der Waals surface area contributed by atoms with Crippen molar-refractivity contribution in [3.8, 4) is 23.6 Å². The molecule has 0 unspecified atom stereocenters. The zero-order chi connectivity index (χ0) is 20.9. The number of nitrogens with zero attached hydrogens (tertiary/aromatic N) is 2. The van der Waals surface area contributed by atoms with Crippen LogP contribution >= 0.6 is 0 Å². The second-order valence-electron chi connectivity index (χ2n) is 7.80. The largest absolute Gasteiger partial charge is 0.310 e. The quantitative estimate of drug-likeness (QED) is 0.497. The third-order valence-electron chi connectivity index (χ3n) is 5.83. The van der Waals surface area contributed by atoms with Gasteiger partial charge in [-0.1, -0.05) is 48.9 Å². The lowest BCUT2D eigenvalue weighted by molar-refractivity contribution is 0.0976. The third kappa shape index (κ3) is 4.23. The summed E-state index contributed by atoms with van der Waals surface area (Å²) in [4.78, 5) is 14.9. The number of hydrogen-bond acceptors (Lipinski definition) is 3. The number of hydrogen-bond donors (Lipinski definition) is 1. The molecular weight excluding hydrogens is 370 g/mol. The van der Waals surface area contributed by atoms with Crippen molar-refractivity contribution >= 4 is 16.8 Å². The summed E-state index contributed by atoms with van der Waals surface area (Å²) in [6, 6.07) is 18.9. The van der Waals surface area contributed by atoms with Gasteiger partial charge in [0.05, 0.1) is 17.8 Å². The van der Waals surface area contributed by atoms with Crippen LogP contribution < -0.4 is 5.32 Å². The topological polar surface area (TPSA) is 37.3 Å². The standard InChI is InChI=1S/C26H27N3O/c1-3-14-28-15-12-23(13-16-28)27-19-20-10-11-24-22(17-20)18-25(29(24)26(30)4-2)21-8-6-5-7-9-21/h1,4-11,17-18,23,27H,2,12-16,19H2. The maximum atomic E-state index is 12.6. The molecule has 1 N–H and O–H groups in total. The Morgan fingerprint density at radius 1 is 1.17 bits per heavy atom. The van der Waals surface area contributed by atoms with Gasteiger partial charge in [0.25, 0.3) is 5.91 Å². The number of benzene rings is 2. The Balaban J connectivity index is 1.54. The van der Waals surface area contributed by atoms with Crippen molar-refractivity contribution in [2.24, 2.45) is 0 Å². The van der Waals surface area contributed by atoms with Gasteiger partial charge in [0.2, 0.25) is 0 Å². The predicted octanol–water partition coefficient (Wildman–Crippen LogP) is 4.32. The molecule has 152 valence electrons. The summed E-state index contributed by atoms with van der Waals surface area (Å²) in [6.45, 7) is 7.34. The van der Waals surface area contributed by atoms with Gasteiger partial charge >= 0.3 is 0 Å². The molecule has 30 heavy (non-hydrogen) atoms. The Kier molecular flexibility index (Phi) is 6.13. The minimum atomic E-state index is -0.117. The Bertz CT molecular complexity index is 1080. The van der Waals surface area contributed by atoms with Crippen LogP contribution in [0.15, 0.2) is 67.3 Å². The first-order valence-electron chi connectivity index (χ1n) is 10.5. The van der Waals surface area contributed by atoms with Crippen LogP contribution in [0.4, 0.5) is 0 Å². The van der Waals surface area contributed by atoms with Crippen molar-refractivity contribution in [2.45, 2.75) is 25.4 Å². The van der Waals surface area contributed by atoms with Crippen LogP contribution in [-0.4, -0.2) is 41.1 Å². The molecule has 0 spiro atoms.